The average Bonchev–Trinajstić information content (AvgIpc) is 3.20. The maximum Gasteiger partial charge on any atom is 0.259 e. The Hall–Kier alpha value is -2.63. The van der Waals surface area contributed by atoms with Crippen molar-refractivity contribution in [3.05, 3.63) is 47.1 Å². The molecule has 4 rings (SSSR count). The molecule has 0 aliphatic carbocycles. The summed E-state index contributed by atoms with van der Waals surface area (Å²) >= 11 is 0. The number of hydrogen-bond donors (Lipinski definition) is 1. The molecule has 0 bridgehead atoms. The molecule has 3 aromatic rings. The van der Waals surface area contributed by atoms with Crippen LogP contribution in [0.25, 0.3) is 11.0 Å². The minimum atomic E-state index is 0.0418. The van der Waals surface area contributed by atoms with Crippen molar-refractivity contribution in [3.8, 4) is 0 Å². The fourth-order valence-electron chi connectivity index (χ4n) is 3.79. The van der Waals surface area contributed by atoms with Crippen molar-refractivity contribution in [2.24, 2.45) is 5.92 Å². The number of nitrogens with zero attached hydrogens (tertiary/aromatic N) is 3. The molecule has 1 aliphatic rings. The Balaban J connectivity index is 1.48. The Morgan fingerprint density at radius 2 is 2.32 bits per heavy atom. The number of amides is 1. The normalized spacial score (nSPS) is 18.0. The zero-order valence-corrected chi connectivity index (χ0v) is 14.6. The predicted octanol–water partition coefficient (Wildman–Crippen LogP) is 3.26. The van der Waals surface area contributed by atoms with Crippen molar-refractivity contribution in [2.75, 3.05) is 13.1 Å². The van der Waals surface area contributed by atoms with E-state index in [-0.39, 0.29) is 5.91 Å². The molecule has 1 N–H and O–H groups in total. The second-order valence-corrected chi connectivity index (χ2v) is 6.92. The van der Waals surface area contributed by atoms with Crippen molar-refractivity contribution < 1.29 is 9.32 Å². The van der Waals surface area contributed by atoms with Gasteiger partial charge in [-0.3, -0.25) is 4.79 Å². The number of aryl methyl sites for hydroxylation is 2. The third kappa shape index (κ3) is 3.04. The van der Waals surface area contributed by atoms with Gasteiger partial charge in [-0.25, -0.2) is 4.98 Å². The minimum Gasteiger partial charge on any atom is -0.361 e. The number of piperidine rings is 1. The van der Waals surface area contributed by atoms with Crippen LogP contribution in [0.15, 0.2) is 29.0 Å². The van der Waals surface area contributed by atoms with Gasteiger partial charge in [-0.15, -0.1) is 0 Å². The van der Waals surface area contributed by atoms with E-state index in [0.717, 1.165) is 43.4 Å². The van der Waals surface area contributed by atoms with Crippen LogP contribution in [0.2, 0.25) is 0 Å². The number of hydrogen-bond acceptors (Lipinski definition) is 4. The third-order valence-corrected chi connectivity index (χ3v) is 5.03. The van der Waals surface area contributed by atoms with E-state index < -0.39 is 0 Å². The minimum absolute atomic E-state index is 0.0418. The summed E-state index contributed by atoms with van der Waals surface area (Å²) in [7, 11) is 0. The van der Waals surface area contributed by atoms with Gasteiger partial charge in [-0.2, -0.15) is 0 Å². The molecule has 25 heavy (non-hydrogen) atoms. The molecule has 6 nitrogen and oxygen atoms in total. The van der Waals surface area contributed by atoms with Crippen LogP contribution in [-0.2, 0) is 6.42 Å². The monoisotopic (exact) mass is 338 g/mol. The average molecular weight is 338 g/mol. The molecular weight excluding hydrogens is 316 g/mol. The van der Waals surface area contributed by atoms with Gasteiger partial charge in [0.15, 0.2) is 0 Å². The number of aromatic nitrogens is 3. The van der Waals surface area contributed by atoms with Crippen molar-refractivity contribution >= 4 is 16.9 Å². The first-order chi connectivity index (χ1) is 12.1. The van der Waals surface area contributed by atoms with Crippen LogP contribution in [0.1, 0.15) is 40.2 Å². The van der Waals surface area contributed by atoms with Gasteiger partial charge in [0.2, 0.25) is 0 Å². The molecule has 130 valence electrons. The van der Waals surface area contributed by atoms with Crippen molar-refractivity contribution in [1.82, 2.24) is 20.0 Å². The van der Waals surface area contributed by atoms with Gasteiger partial charge < -0.3 is 14.4 Å². The molecule has 3 aromatic heterocycles. The highest BCUT2D eigenvalue weighted by Crippen LogP contribution is 2.24. The van der Waals surface area contributed by atoms with Gasteiger partial charge in [-0.05, 0) is 56.7 Å². The molecule has 1 amide bonds. The first kappa shape index (κ1) is 15.9. The smallest absolute Gasteiger partial charge is 0.259 e. The summed E-state index contributed by atoms with van der Waals surface area (Å²) in [5, 5.41) is 5.05. The fraction of sp³-hybridized carbons (Fsp3) is 0.421. The van der Waals surface area contributed by atoms with Crippen LogP contribution in [0.4, 0.5) is 0 Å². The summed E-state index contributed by atoms with van der Waals surface area (Å²) in [4.78, 5) is 22.4. The van der Waals surface area contributed by atoms with E-state index in [4.69, 9.17) is 4.52 Å². The molecule has 6 heteroatoms. The molecule has 1 aliphatic heterocycles. The van der Waals surface area contributed by atoms with E-state index in [1.165, 1.54) is 5.56 Å². The van der Waals surface area contributed by atoms with Gasteiger partial charge in [0, 0.05) is 30.9 Å². The maximum atomic E-state index is 12.9. The number of pyridine rings is 1. The zero-order valence-electron chi connectivity index (χ0n) is 14.6. The van der Waals surface area contributed by atoms with E-state index in [9.17, 15) is 4.79 Å². The van der Waals surface area contributed by atoms with E-state index in [1.54, 1.807) is 6.92 Å². The number of likely N-dealkylation sites (tertiary alicyclic amines) is 1. The zero-order chi connectivity index (χ0) is 17.4. The van der Waals surface area contributed by atoms with E-state index in [2.05, 4.69) is 21.2 Å². The predicted molar refractivity (Wildman–Crippen MR) is 94.4 cm³/mol. The van der Waals surface area contributed by atoms with Gasteiger partial charge in [0.1, 0.15) is 17.0 Å². The highest BCUT2D eigenvalue weighted by Gasteiger charge is 2.28. The van der Waals surface area contributed by atoms with Crippen molar-refractivity contribution in [3.63, 3.8) is 0 Å². The Bertz CT molecular complexity index is 892. The molecule has 0 spiro atoms. The molecule has 1 atom stereocenters. The number of H-pyrrole nitrogens is 1. The molecule has 0 saturated carbocycles. The van der Waals surface area contributed by atoms with E-state index in [1.807, 2.05) is 30.3 Å². The number of carbonyl (C=O) groups excluding carboxylic acids is 1. The lowest BCUT2D eigenvalue weighted by molar-refractivity contribution is 0.0671. The van der Waals surface area contributed by atoms with Gasteiger partial charge in [-0.1, -0.05) is 5.16 Å². The van der Waals surface area contributed by atoms with Crippen LogP contribution >= 0.6 is 0 Å². The maximum absolute atomic E-state index is 12.9. The van der Waals surface area contributed by atoms with Gasteiger partial charge >= 0.3 is 0 Å². The highest BCUT2D eigenvalue weighted by atomic mass is 16.5. The first-order valence-electron chi connectivity index (χ1n) is 8.76. The van der Waals surface area contributed by atoms with Crippen LogP contribution < -0.4 is 0 Å². The number of carbonyl (C=O) groups is 1. The van der Waals surface area contributed by atoms with Gasteiger partial charge in [0.05, 0.1) is 5.69 Å². The Morgan fingerprint density at radius 3 is 3.12 bits per heavy atom. The van der Waals surface area contributed by atoms with Crippen molar-refractivity contribution in [2.45, 2.75) is 33.1 Å². The molecular formula is C19H22N4O2. The van der Waals surface area contributed by atoms with Crippen LogP contribution in [0, 0.1) is 19.8 Å². The second kappa shape index (κ2) is 6.35. The molecule has 0 aromatic carbocycles. The van der Waals surface area contributed by atoms with Gasteiger partial charge in [0.25, 0.3) is 5.91 Å². The van der Waals surface area contributed by atoms with Crippen LogP contribution in [0.3, 0.4) is 0 Å². The summed E-state index contributed by atoms with van der Waals surface area (Å²) in [6, 6.07) is 4.23. The number of rotatable bonds is 3. The Morgan fingerprint density at radius 1 is 1.44 bits per heavy atom. The van der Waals surface area contributed by atoms with E-state index >= 15 is 0 Å². The third-order valence-electron chi connectivity index (χ3n) is 5.03. The topological polar surface area (TPSA) is 75.0 Å². The lowest BCUT2D eigenvalue weighted by atomic mass is 9.91. The number of aromatic amines is 1. The molecule has 0 radical (unpaired) electrons. The Labute approximate surface area is 146 Å². The summed E-state index contributed by atoms with van der Waals surface area (Å²) in [6.07, 6.45) is 6.95. The lowest BCUT2D eigenvalue weighted by Gasteiger charge is -2.32. The summed E-state index contributed by atoms with van der Waals surface area (Å²) in [5.41, 5.74) is 3.44. The molecule has 4 heterocycles. The van der Waals surface area contributed by atoms with Crippen molar-refractivity contribution in [1.29, 1.82) is 0 Å². The van der Waals surface area contributed by atoms with E-state index in [0.29, 0.717) is 22.9 Å². The quantitative estimate of drug-likeness (QED) is 0.795. The largest absolute Gasteiger partial charge is 0.361 e. The Kier molecular flexibility index (Phi) is 4.03. The lowest BCUT2D eigenvalue weighted by Crippen LogP contribution is -2.40. The molecule has 1 unspecified atom stereocenters. The first-order valence-corrected chi connectivity index (χ1v) is 8.76. The number of fused-ring (bicyclic) bond motifs is 1. The SMILES string of the molecule is Cc1noc(C)c1C(=O)N1CCCC(Cc2cnc3[nH]ccc3c2)C1. The standard InChI is InChI=1S/C19H22N4O2/c1-12-17(13(2)25-22-12)19(24)23-7-3-4-14(11-23)8-15-9-16-5-6-20-18(16)21-10-15/h5-6,9-10,14H,3-4,7-8,11H2,1-2H3,(H,20,21). The molecule has 1 fully saturated rings. The summed E-state index contributed by atoms with van der Waals surface area (Å²) in [6.45, 7) is 5.19. The summed E-state index contributed by atoms with van der Waals surface area (Å²) < 4.78 is 5.15. The van der Waals surface area contributed by atoms with Crippen LogP contribution in [-0.4, -0.2) is 39.0 Å². The highest BCUT2D eigenvalue weighted by molar-refractivity contribution is 5.96. The number of nitrogens with one attached hydrogen (secondary N) is 1. The second-order valence-electron chi connectivity index (χ2n) is 6.92. The fourth-order valence-corrected chi connectivity index (χ4v) is 3.79. The molecule has 1 saturated heterocycles. The summed E-state index contributed by atoms with van der Waals surface area (Å²) in [5.74, 6) is 1.10. The van der Waals surface area contributed by atoms with Crippen LogP contribution in [0.5, 0.6) is 0 Å².